The van der Waals surface area contributed by atoms with E-state index in [0.29, 0.717) is 17.9 Å². The van der Waals surface area contributed by atoms with Crippen LogP contribution in [0.2, 0.25) is 0 Å². The van der Waals surface area contributed by atoms with E-state index in [1.165, 1.54) is 0 Å². The van der Waals surface area contributed by atoms with Gasteiger partial charge in [-0.05, 0) is 24.6 Å². The number of benzene rings is 1. The number of rotatable bonds is 4. The van der Waals surface area contributed by atoms with Crippen LogP contribution in [0.1, 0.15) is 12.5 Å². The van der Waals surface area contributed by atoms with Crippen LogP contribution in [0, 0.1) is 0 Å². The van der Waals surface area contributed by atoms with Gasteiger partial charge in [0.2, 0.25) is 5.91 Å². The van der Waals surface area contributed by atoms with E-state index in [9.17, 15) is 4.79 Å². The summed E-state index contributed by atoms with van der Waals surface area (Å²) < 4.78 is 10.5. The zero-order valence-corrected chi connectivity index (χ0v) is 13.5. The van der Waals surface area contributed by atoms with Crippen LogP contribution < -0.4 is 14.8 Å². The minimum Gasteiger partial charge on any atom is -0.493 e. The number of ether oxygens (including phenoxy) is 2. The second-order valence-corrected chi connectivity index (χ2v) is 5.01. The molecule has 0 radical (unpaired) electrons. The molecule has 1 N–H and O–H groups in total. The second kappa shape index (κ2) is 8.10. The average Bonchev–Trinajstić information content (AvgIpc) is 2.47. The van der Waals surface area contributed by atoms with Crippen molar-refractivity contribution in [2.24, 2.45) is 0 Å². The maximum Gasteiger partial charge on any atom is 0.227 e. The van der Waals surface area contributed by atoms with Gasteiger partial charge in [-0.25, -0.2) is 0 Å². The SMILES string of the molecule is COc1ccc(CC(=O)N2CCNC[C@@H]2C)cc1OC.Cl. The molecule has 5 nitrogen and oxygen atoms in total. The molecule has 0 aromatic heterocycles. The lowest BCUT2D eigenvalue weighted by Crippen LogP contribution is -2.52. The summed E-state index contributed by atoms with van der Waals surface area (Å²) in [6.45, 7) is 4.56. The first-order valence-corrected chi connectivity index (χ1v) is 6.86. The van der Waals surface area contributed by atoms with Crippen LogP contribution in [0.4, 0.5) is 0 Å². The van der Waals surface area contributed by atoms with Gasteiger partial charge in [0.15, 0.2) is 11.5 Å². The number of nitrogens with zero attached hydrogens (tertiary/aromatic N) is 1. The maximum atomic E-state index is 12.4. The van der Waals surface area contributed by atoms with Crippen LogP contribution in [-0.2, 0) is 11.2 Å². The topological polar surface area (TPSA) is 50.8 Å². The first-order valence-electron chi connectivity index (χ1n) is 6.86. The van der Waals surface area contributed by atoms with Crippen LogP contribution in [0.5, 0.6) is 11.5 Å². The Kier molecular flexibility index (Phi) is 6.78. The van der Waals surface area contributed by atoms with Crippen molar-refractivity contribution in [1.29, 1.82) is 0 Å². The van der Waals surface area contributed by atoms with Crippen molar-refractivity contribution >= 4 is 18.3 Å². The molecule has 1 aliphatic rings. The Morgan fingerprint density at radius 3 is 2.67 bits per heavy atom. The Morgan fingerprint density at radius 1 is 1.33 bits per heavy atom. The van der Waals surface area contributed by atoms with Crippen molar-refractivity contribution in [3.63, 3.8) is 0 Å². The van der Waals surface area contributed by atoms with Gasteiger partial charge in [0.1, 0.15) is 0 Å². The largest absolute Gasteiger partial charge is 0.493 e. The molecule has 0 saturated carbocycles. The van der Waals surface area contributed by atoms with E-state index >= 15 is 0 Å². The summed E-state index contributed by atoms with van der Waals surface area (Å²) in [5.41, 5.74) is 0.943. The fourth-order valence-corrected chi connectivity index (χ4v) is 2.48. The summed E-state index contributed by atoms with van der Waals surface area (Å²) in [5.74, 6) is 1.50. The molecule has 1 amide bonds. The van der Waals surface area contributed by atoms with Crippen LogP contribution in [0.3, 0.4) is 0 Å². The predicted molar refractivity (Wildman–Crippen MR) is 84.5 cm³/mol. The highest BCUT2D eigenvalue weighted by molar-refractivity contribution is 5.85. The highest BCUT2D eigenvalue weighted by atomic mass is 35.5. The maximum absolute atomic E-state index is 12.4. The van der Waals surface area contributed by atoms with E-state index in [-0.39, 0.29) is 24.4 Å². The van der Waals surface area contributed by atoms with E-state index in [1.54, 1.807) is 14.2 Å². The quantitative estimate of drug-likeness (QED) is 0.915. The molecule has 1 aliphatic heterocycles. The molecule has 1 saturated heterocycles. The number of amides is 1. The average molecular weight is 315 g/mol. The Bertz CT molecular complexity index is 482. The standard InChI is InChI=1S/C15H22N2O3.ClH/c1-11-10-16-6-7-17(11)15(18)9-12-4-5-13(19-2)14(8-12)20-3;/h4-5,8,11,16H,6-7,9-10H2,1-3H3;1H/t11-;/m0./s1. The first kappa shape index (κ1) is 17.6. The fraction of sp³-hybridized carbons (Fsp3) is 0.533. The Balaban J connectivity index is 0.00000220. The van der Waals surface area contributed by atoms with Gasteiger partial charge >= 0.3 is 0 Å². The van der Waals surface area contributed by atoms with Crippen LogP contribution in [0.15, 0.2) is 18.2 Å². The molecule has 2 rings (SSSR count). The van der Waals surface area contributed by atoms with Crippen molar-refractivity contribution in [1.82, 2.24) is 10.2 Å². The van der Waals surface area contributed by atoms with Gasteiger partial charge in [0, 0.05) is 25.7 Å². The van der Waals surface area contributed by atoms with E-state index in [4.69, 9.17) is 9.47 Å². The fourth-order valence-electron chi connectivity index (χ4n) is 2.48. The minimum absolute atomic E-state index is 0. The van der Waals surface area contributed by atoms with Crippen molar-refractivity contribution in [3.05, 3.63) is 23.8 Å². The summed E-state index contributed by atoms with van der Waals surface area (Å²) in [6, 6.07) is 5.86. The zero-order chi connectivity index (χ0) is 14.5. The van der Waals surface area contributed by atoms with Gasteiger partial charge < -0.3 is 19.7 Å². The molecule has 0 spiro atoms. The third-order valence-electron chi connectivity index (χ3n) is 3.62. The van der Waals surface area contributed by atoms with Crippen molar-refractivity contribution in [2.75, 3.05) is 33.9 Å². The molecule has 21 heavy (non-hydrogen) atoms. The number of methoxy groups -OCH3 is 2. The van der Waals surface area contributed by atoms with E-state index in [1.807, 2.05) is 23.1 Å². The molecule has 1 heterocycles. The molecule has 1 aromatic rings. The Hall–Kier alpha value is -1.46. The van der Waals surface area contributed by atoms with Gasteiger partial charge in [-0.1, -0.05) is 6.07 Å². The van der Waals surface area contributed by atoms with Crippen molar-refractivity contribution in [3.8, 4) is 11.5 Å². The highest BCUT2D eigenvalue weighted by Gasteiger charge is 2.23. The summed E-state index contributed by atoms with van der Waals surface area (Å²) in [5, 5.41) is 3.29. The van der Waals surface area contributed by atoms with Gasteiger partial charge in [0.25, 0.3) is 0 Å². The molecule has 1 aromatic carbocycles. The number of hydrogen-bond acceptors (Lipinski definition) is 4. The number of carbonyl (C=O) groups is 1. The highest BCUT2D eigenvalue weighted by Crippen LogP contribution is 2.27. The Morgan fingerprint density at radius 2 is 2.05 bits per heavy atom. The third kappa shape index (κ3) is 4.25. The minimum atomic E-state index is 0. The lowest BCUT2D eigenvalue weighted by molar-refractivity contribution is -0.133. The number of piperazine rings is 1. The molecule has 0 bridgehead atoms. The predicted octanol–water partition coefficient (Wildman–Crippen LogP) is 1.49. The lowest BCUT2D eigenvalue weighted by atomic mass is 10.1. The molecular formula is C15H23ClN2O3. The second-order valence-electron chi connectivity index (χ2n) is 5.01. The molecule has 0 aliphatic carbocycles. The molecular weight excluding hydrogens is 292 g/mol. The Labute approximate surface area is 132 Å². The molecule has 0 unspecified atom stereocenters. The molecule has 1 fully saturated rings. The number of halogens is 1. The lowest BCUT2D eigenvalue weighted by Gasteiger charge is -2.34. The first-order chi connectivity index (χ1) is 9.65. The third-order valence-corrected chi connectivity index (χ3v) is 3.62. The van der Waals surface area contributed by atoms with E-state index < -0.39 is 0 Å². The smallest absolute Gasteiger partial charge is 0.227 e. The summed E-state index contributed by atoms with van der Waals surface area (Å²) >= 11 is 0. The van der Waals surface area contributed by atoms with E-state index in [2.05, 4.69) is 12.2 Å². The normalized spacial score (nSPS) is 17.9. The number of nitrogens with one attached hydrogen (secondary N) is 1. The zero-order valence-electron chi connectivity index (χ0n) is 12.7. The summed E-state index contributed by atoms with van der Waals surface area (Å²) in [7, 11) is 3.20. The van der Waals surface area contributed by atoms with Crippen LogP contribution >= 0.6 is 12.4 Å². The van der Waals surface area contributed by atoms with Crippen molar-refractivity contribution < 1.29 is 14.3 Å². The summed E-state index contributed by atoms with van der Waals surface area (Å²) in [6.07, 6.45) is 0.394. The van der Waals surface area contributed by atoms with Gasteiger partial charge in [0.05, 0.1) is 20.6 Å². The summed E-state index contributed by atoms with van der Waals surface area (Å²) in [4.78, 5) is 14.3. The van der Waals surface area contributed by atoms with Crippen LogP contribution in [0.25, 0.3) is 0 Å². The van der Waals surface area contributed by atoms with Gasteiger partial charge in [-0.3, -0.25) is 4.79 Å². The monoisotopic (exact) mass is 314 g/mol. The van der Waals surface area contributed by atoms with Gasteiger partial charge in [-0.2, -0.15) is 0 Å². The number of hydrogen-bond donors (Lipinski definition) is 1. The van der Waals surface area contributed by atoms with Crippen LogP contribution in [-0.4, -0.2) is 50.7 Å². The molecule has 1 atom stereocenters. The van der Waals surface area contributed by atoms with E-state index in [0.717, 1.165) is 25.2 Å². The number of carbonyl (C=O) groups excluding carboxylic acids is 1. The van der Waals surface area contributed by atoms with Gasteiger partial charge in [-0.15, -0.1) is 12.4 Å². The molecule has 6 heteroatoms. The van der Waals surface area contributed by atoms with Crippen molar-refractivity contribution in [2.45, 2.75) is 19.4 Å². The molecule has 118 valence electrons.